The Balaban J connectivity index is 2.48. The lowest BCUT2D eigenvalue weighted by Gasteiger charge is -2.19. The molecule has 0 unspecified atom stereocenters. The molecule has 0 fully saturated rings. The van der Waals surface area contributed by atoms with Crippen LogP contribution in [0.25, 0.3) is 0 Å². The zero-order chi connectivity index (χ0) is 16.0. The molecule has 0 heterocycles. The van der Waals surface area contributed by atoms with Crippen LogP contribution in [-0.4, -0.2) is 29.3 Å². The van der Waals surface area contributed by atoms with Crippen molar-refractivity contribution in [1.29, 1.82) is 0 Å². The maximum absolute atomic E-state index is 11.5. The smallest absolute Gasteiger partial charge is 0.344 e. The van der Waals surface area contributed by atoms with Gasteiger partial charge in [-0.1, -0.05) is 19.1 Å². The number of carboxylic acids is 1. The highest BCUT2D eigenvalue weighted by Crippen LogP contribution is 2.16. The summed E-state index contributed by atoms with van der Waals surface area (Å²) in [7, 11) is 0. The molecule has 5 nitrogen and oxygen atoms in total. The molecule has 1 atom stereocenters. The van der Waals surface area contributed by atoms with Crippen molar-refractivity contribution in [3.8, 4) is 5.75 Å². The number of ether oxygens (including phenoxy) is 2. The number of hydrogen-bond acceptors (Lipinski definition) is 4. The van der Waals surface area contributed by atoms with Gasteiger partial charge in [0.05, 0.1) is 5.92 Å². The van der Waals surface area contributed by atoms with E-state index in [0.717, 1.165) is 5.56 Å². The van der Waals surface area contributed by atoms with Gasteiger partial charge in [-0.3, -0.25) is 4.79 Å². The van der Waals surface area contributed by atoms with Crippen LogP contribution in [0.15, 0.2) is 24.3 Å². The molecule has 0 saturated carbocycles. The molecule has 116 valence electrons. The predicted octanol–water partition coefficient (Wildman–Crippen LogP) is 2.67. The molecule has 0 amide bonds. The predicted molar refractivity (Wildman–Crippen MR) is 78.3 cm³/mol. The molecule has 1 rings (SSSR count). The summed E-state index contributed by atoms with van der Waals surface area (Å²) in [4.78, 5) is 22.3. The average molecular weight is 294 g/mol. The Bertz CT molecular complexity index is 484. The van der Waals surface area contributed by atoms with E-state index in [1.165, 1.54) is 0 Å². The minimum atomic E-state index is -0.819. The Morgan fingerprint density at radius 3 is 2.24 bits per heavy atom. The van der Waals surface area contributed by atoms with Crippen LogP contribution in [0.4, 0.5) is 0 Å². The van der Waals surface area contributed by atoms with Crippen LogP contribution in [0.3, 0.4) is 0 Å². The van der Waals surface area contributed by atoms with Crippen molar-refractivity contribution in [3.05, 3.63) is 29.8 Å². The van der Waals surface area contributed by atoms with E-state index in [1.807, 2.05) is 0 Å². The third-order valence-electron chi connectivity index (χ3n) is 2.66. The lowest BCUT2D eigenvalue weighted by molar-refractivity contribution is -0.157. The number of hydrogen-bond donors (Lipinski definition) is 1. The lowest BCUT2D eigenvalue weighted by atomic mass is 10.0. The fourth-order valence-corrected chi connectivity index (χ4v) is 1.68. The normalized spacial score (nSPS) is 12.6. The summed E-state index contributed by atoms with van der Waals surface area (Å²) < 4.78 is 10.5. The number of esters is 1. The van der Waals surface area contributed by atoms with Gasteiger partial charge in [-0.15, -0.1) is 0 Å². The van der Waals surface area contributed by atoms with Gasteiger partial charge in [0.2, 0.25) is 0 Å². The van der Waals surface area contributed by atoms with E-state index in [1.54, 1.807) is 52.0 Å². The van der Waals surface area contributed by atoms with Gasteiger partial charge >= 0.3 is 11.9 Å². The molecule has 5 heteroatoms. The molecule has 0 aliphatic rings. The molecule has 0 saturated heterocycles. The molecular weight excluding hydrogens is 272 g/mol. The zero-order valence-electron chi connectivity index (χ0n) is 12.9. The summed E-state index contributed by atoms with van der Waals surface area (Å²) in [6.45, 7) is 6.90. The van der Waals surface area contributed by atoms with Gasteiger partial charge in [0, 0.05) is 0 Å². The summed E-state index contributed by atoms with van der Waals surface area (Å²) in [6.07, 6.45) is 0.460. The summed E-state index contributed by atoms with van der Waals surface area (Å²) in [6, 6.07) is 7.02. The first-order valence-electron chi connectivity index (χ1n) is 6.84. The summed E-state index contributed by atoms with van der Waals surface area (Å²) >= 11 is 0. The van der Waals surface area contributed by atoms with Crippen molar-refractivity contribution in [2.75, 3.05) is 6.61 Å². The highest BCUT2D eigenvalue weighted by Gasteiger charge is 2.16. The van der Waals surface area contributed by atoms with Crippen molar-refractivity contribution in [2.45, 2.75) is 39.7 Å². The van der Waals surface area contributed by atoms with Crippen molar-refractivity contribution in [3.63, 3.8) is 0 Å². The van der Waals surface area contributed by atoms with Crippen LogP contribution < -0.4 is 4.74 Å². The van der Waals surface area contributed by atoms with Gasteiger partial charge in [-0.25, -0.2) is 4.79 Å². The first-order chi connectivity index (χ1) is 9.67. The van der Waals surface area contributed by atoms with E-state index in [0.29, 0.717) is 12.2 Å². The first kappa shape index (κ1) is 17.0. The number of carbonyl (C=O) groups excluding carboxylic acids is 1. The van der Waals surface area contributed by atoms with E-state index < -0.39 is 23.5 Å². The van der Waals surface area contributed by atoms with Crippen molar-refractivity contribution in [2.24, 2.45) is 5.92 Å². The second-order valence-corrected chi connectivity index (χ2v) is 5.96. The van der Waals surface area contributed by atoms with Crippen LogP contribution in [0.5, 0.6) is 5.75 Å². The van der Waals surface area contributed by atoms with E-state index >= 15 is 0 Å². The fourth-order valence-electron chi connectivity index (χ4n) is 1.68. The summed E-state index contributed by atoms with van der Waals surface area (Å²) in [5.74, 6) is -1.13. The number of rotatable bonds is 6. The molecular formula is C16H22O5. The Kier molecular flexibility index (Phi) is 5.76. The SMILES string of the molecule is C[C@@H](Cc1ccc(OCC(=O)OC(C)(C)C)cc1)C(=O)O. The molecule has 1 aromatic carbocycles. The third kappa shape index (κ3) is 6.79. The summed E-state index contributed by atoms with van der Waals surface area (Å²) in [5, 5.41) is 8.86. The topological polar surface area (TPSA) is 72.8 Å². The Hall–Kier alpha value is -2.04. The van der Waals surface area contributed by atoms with Gasteiger partial charge < -0.3 is 14.6 Å². The Morgan fingerprint density at radius 1 is 1.19 bits per heavy atom. The maximum Gasteiger partial charge on any atom is 0.344 e. The van der Waals surface area contributed by atoms with Gasteiger partial charge in [0.1, 0.15) is 11.4 Å². The van der Waals surface area contributed by atoms with Crippen LogP contribution in [-0.2, 0) is 20.7 Å². The second-order valence-electron chi connectivity index (χ2n) is 5.96. The van der Waals surface area contributed by atoms with Gasteiger partial charge in [0.25, 0.3) is 0 Å². The highest BCUT2D eigenvalue weighted by molar-refractivity contribution is 5.71. The molecule has 0 aromatic heterocycles. The number of carbonyl (C=O) groups is 2. The molecule has 0 bridgehead atoms. The monoisotopic (exact) mass is 294 g/mol. The lowest BCUT2D eigenvalue weighted by Crippen LogP contribution is -2.27. The van der Waals surface area contributed by atoms with Crippen molar-refractivity contribution in [1.82, 2.24) is 0 Å². The first-order valence-corrected chi connectivity index (χ1v) is 6.84. The molecule has 21 heavy (non-hydrogen) atoms. The number of carboxylic acid groups (broad SMARTS) is 1. The van der Waals surface area contributed by atoms with Gasteiger partial charge in [-0.05, 0) is 44.9 Å². The van der Waals surface area contributed by atoms with Crippen LogP contribution in [0.2, 0.25) is 0 Å². The van der Waals surface area contributed by atoms with E-state index in [4.69, 9.17) is 14.6 Å². The molecule has 0 spiro atoms. The molecule has 0 aliphatic heterocycles. The Labute approximate surface area is 124 Å². The third-order valence-corrected chi connectivity index (χ3v) is 2.66. The fraction of sp³-hybridized carbons (Fsp3) is 0.500. The van der Waals surface area contributed by atoms with E-state index in [2.05, 4.69) is 0 Å². The standard InChI is InChI=1S/C16H22O5/c1-11(15(18)19)9-12-5-7-13(8-6-12)20-10-14(17)21-16(2,3)4/h5-8,11H,9-10H2,1-4H3,(H,18,19)/t11-/m0/s1. The summed E-state index contributed by atoms with van der Waals surface area (Å²) in [5.41, 5.74) is 0.381. The zero-order valence-corrected chi connectivity index (χ0v) is 12.9. The van der Waals surface area contributed by atoms with Crippen molar-refractivity contribution >= 4 is 11.9 Å². The minimum absolute atomic E-state index is 0.151. The molecule has 0 aliphatic carbocycles. The van der Waals surface area contributed by atoms with E-state index in [9.17, 15) is 9.59 Å². The quantitative estimate of drug-likeness (QED) is 0.817. The molecule has 1 aromatic rings. The van der Waals surface area contributed by atoms with Gasteiger partial charge in [-0.2, -0.15) is 0 Å². The number of aliphatic carboxylic acids is 1. The largest absolute Gasteiger partial charge is 0.482 e. The van der Waals surface area contributed by atoms with Crippen LogP contribution in [0, 0.1) is 5.92 Å². The molecule has 0 radical (unpaired) electrons. The molecule has 1 N–H and O–H groups in total. The average Bonchev–Trinajstić information content (AvgIpc) is 2.35. The Morgan fingerprint density at radius 2 is 1.76 bits per heavy atom. The second kappa shape index (κ2) is 7.11. The highest BCUT2D eigenvalue weighted by atomic mass is 16.6. The van der Waals surface area contributed by atoms with Crippen LogP contribution in [0.1, 0.15) is 33.3 Å². The van der Waals surface area contributed by atoms with E-state index in [-0.39, 0.29) is 6.61 Å². The van der Waals surface area contributed by atoms with Crippen molar-refractivity contribution < 1.29 is 24.2 Å². The maximum atomic E-state index is 11.5. The minimum Gasteiger partial charge on any atom is -0.482 e. The van der Waals surface area contributed by atoms with Gasteiger partial charge in [0.15, 0.2) is 6.61 Å². The number of benzene rings is 1. The van der Waals surface area contributed by atoms with Crippen LogP contribution >= 0.6 is 0 Å².